The molecule has 2 fully saturated rings. The van der Waals surface area contributed by atoms with Gasteiger partial charge in [-0.15, -0.1) is 5.10 Å². The molecule has 0 radical (unpaired) electrons. The van der Waals surface area contributed by atoms with Gasteiger partial charge in [0.25, 0.3) is 0 Å². The van der Waals surface area contributed by atoms with E-state index >= 15 is 0 Å². The molecule has 1 N–H and O–H groups in total. The Labute approximate surface area is 164 Å². The number of methoxy groups -OCH3 is 1. The molecule has 3 rings (SSSR count). The molecule has 9 heteroatoms. The number of amides is 2. The van der Waals surface area contributed by atoms with E-state index < -0.39 is 0 Å². The second kappa shape index (κ2) is 9.05. The average Bonchev–Trinajstić information content (AvgIpc) is 3.09. The van der Waals surface area contributed by atoms with Crippen molar-refractivity contribution >= 4 is 23.6 Å². The highest BCUT2D eigenvalue weighted by molar-refractivity contribution is 7.99. The summed E-state index contributed by atoms with van der Waals surface area (Å²) in [4.78, 5) is 32.9. The fourth-order valence-electron chi connectivity index (χ4n) is 3.95. The molecule has 1 spiro atoms. The summed E-state index contributed by atoms with van der Waals surface area (Å²) in [6, 6.07) is 0. The summed E-state index contributed by atoms with van der Waals surface area (Å²) >= 11 is 1.37. The number of rotatable bonds is 7. The van der Waals surface area contributed by atoms with Gasteiger partial charge in [-0.2, -0.15) is 0 Å². The van der Waals surface area contributed by atoms with E-state index in [4.69, 9.17) is 4.74 Å². The van der Waals surface area contributed by atoms with Crippen molar-refractivity contribution in [3.8, 4) is 0 Å². The van der Waals surface area contributed by atoms with Gasteiger partial charge in [-0.3, -0.25) is 14.7 Å². The number of H-pyrrole nitrogens is 1. The normalized spacial score (nSPS) is 19.7. The van der Waals surface area contributed by atoms with Gasteiger partial charge in [0.05, 0.1) is 5.75 Å². The van der Waals surface area contributed by atoms with Crippen LogP contribution in [0.3, 0.4) is 0 Å². The Kier molecular flexibility index (Phi) is 6.75. The highest BCUT2D eigenvalue weighted by Gasteiger charge is 2.41. The molecule has 0 aromatic carbocycles. The van der Waals surface area contributed by atoms with Gasteiger partial charge < -0.3 is 14.5 Å². The molecule has 0 aliphatic carbocycles. The molecule has 2 aliphatic rings. The van der Waals surface area contributed by atoms with Crippen LogP contribution in [0.5, 0.6) is 0 Å². The fraction of sp³-hybridized carbons (Fsp3) is 0.778. The third kappa shape index (κ3) is 5.22. The zero-order chi connectivity index (χ0) is 19.3. The Bertz CT molecular complexity index is 657. The Morgan fingerprint density at radius 2 is 2.11 bits per heavy atom. The van der Waals surface area contributed by atoms with E-state index in [-0.39, 0.29) is 17.2 Å². The van der Waals surface area contributed by atoms with Gasteiger partial charge in [-0.25, -0.2) is 4.98 Å². The first-order chi connectivity index (χ1) is 13.0. The third-order valence-electron chi connectivity index (χ3n) is 5.60. The lowest BCUT2D eigenvalue weighted by Gasteiger charge is -2.47. The number of likely N-dealkylation sites (tertiary alicyclic amines) is 2. The SMILES string of the molecule is COCCCN1CC2(CCC1=O)CCN(C(=O)CSc1n[nH]c(C)n1)CC2. The van der Waals surface area contributed by atoms with Crippen molar-refractivity contribution in [2.75, 3.05) is 45.6 Å². The number of nitrogens with one attached hydrogen (secondary N) is 1. The number of aromatic amines is 1. The van der Waals surface area contributed by atoms with Crippen molar-refractivity contribution in [1.29, 1.82) is 0 Å². The number of hydrogen-bond donors (Lipinski definition) is 1. The van der Waals surface area contributed by atoms with Gasteiger partial charge in [-0.05, 0) is 38.0 Å². The summed E-state index contributed by atoms with van der Waals surface area (Å²) in [5.74, 6) is 1.52. The third-order valence-corrected chi connectivity index (χ3v) is 6.43. The molecule has 8 nitrogen and oxygen atoms in total. The Morgan fingerprint density at radius 3 is 2.78 bits per heavy atom. The minimum atomic E-state index is 0.140. The quantitative estimate of drug-likeness (QED) is 0.555. The molecule has 3 heterocycles. The van der Waals surface area contributed by atoms with Gasteiger partial charge in [0, 0.05) is 46.3 Å². The highest BCUT2D eigenvalue weighted by atomic mass is 32.2. The number of ether oxygens (including phenoxy) is 1. The molecule has 1 aromatic heterocycles. The summed E-state index contributed by atoms with van der Waals surface area (Å²) in [5, 5.41) is 7.46. The van der Waals surface area contributed by atoms with E-state index in [0.29, 0.717) is 23.9 Å². The van der Waals surface area contributed by atoms with Gasteiger partial charge in [0.1, 0.15) is 5.82 Å². The van der Waals surface area contributed by atoms with Gasteiger partial charge >= 0.3 is 0 Å². The maximum absolute atomic E-state index is 12.5. The van der Waals surface area contributed by atoms with Crippen LogP contribution in [0, 0.1) is 12.3 Å². The zero-order valence-electron chi connectivity index (χ0n) is 16.2. The van der Waals surface area contributed by atoms with Crippen LogP contribution in [0.1, 0.15) is 37.9 Å². The summed E-state index contributed by atoms with van der Waals surface area (Å²) < 4.78 is 5.11. The largest absolute Gasteiger partial charge is 0.385 e. The molecule has 150 valence electrons. The number of carbonyl (C=O) groups is 2. The second-order valence-corrected chi connectivity index (χ2v) is 8.48. The minimum Gasteiger partial charge on any atom is -0.385 e. The molecule has 2 amide bonds. The maximum Gasteiger partial charge on any atom is 0.233 e. The van der Waals surface area contributed by atoms with Gasteiger partial charge in [-0.1, -0.05) is 11.8 Å². The van der Waals surface area contributed by atoms with Crippen LogP contribution in [0.2, 0.25) is 0 Å². The van der Waals surface area contributed by atoms with E-state index in [2.05, 4.69) is 15.2 Å². The minimum absolute atomic E-state index is 0.140. The monoisotopic (exact) mass is 395 g/mol. The summed E-state index contributed by atoms with van der Waals surface area (Å²) in [6.45, 7) is 5.66. The highest BCUT2D eigenvalue weighted by Crippen LogP contribution is 2.40. The van der Waals surface area contributed by atoms with E-state index in [0.717, 1.165) is 57.7 Å². The van der Waals surface area contributed by atoms with Crippen LogP contribution < -0.4 is 0 Å². The number of carbonyl (C=O) groups excluding carboxylic acids is 2. The van der Waals surface area contributed by atoms with Crippen molar-refractivity contribution in [1.82, 2.24) is 25.0 Å². The summed E-state index contributed by atoms with van der Waals surface area (Å²) in [5.41, 5.74) is 0.172. The van der Waals surface area contributed by atoms with Crippen LogP contribution in [0.4, 0.5) is 0 Å². The number of nitrogens with zero attached hydrogens (tertiary/aromatic N) is 4. The number of hydrogen-bond acceptors (Lipinski definition) is 6. The predicted molar refractivity (Wildman–Crippen MR) is 102 cm³/mol. The molecule has 0 unspecified atom stereocenters. The molecule has 0 saturated carbocycles. The standard InChI is InChI=1S/C18H29N5O3S/c1-14-19-17(21-20-14)27-12-16(25)22-9-6-18(7-10-22)5-4-15(24)23(13-18)8-3-11-26-2/h3-13H2,1-2H3,(H,19,20,21). The first kappa shape index (κ1) is 20.1. The maximum atomic E-state index is 12.5. The van der Waals surface area contributed by atoms with Crippen LogP contribution in [-0.4, -0.2) is 82.4 Å². The molecule has 0 atom stereocenters. The summed E-state index contributed by atoms with van der Waals surface area (Å²) in [7, 11) is 1.69. The van der Waals surface area contributed by atoms with E-state index in [9.17, 15) is 9.59 Å². The molecule has 1 aromatic rings. The number of aromatic nitrogens is 3. The lowest BCUT2D eigenvalue weighted by atomic mass is 9.72. The smallest absolute Gasteiger partial charge is 0.233 e. The lowest BCUT2D eigenvalue weighted by molar-refractivity contribution is -0.141. The van der Waals surface area contributed by atoms with E-state index in [1.165, 1.54) is 11.8 Å². The van der Waals surface area contributed by atoms with Crippen molar-refractivity contribution in [3.05, 3.63) is 5.82 Å². The molecule has 27 heavy (non-hydrogen) atoms. The van der Waals surface area contributed by atoms with Crippen molar-refractivity contribution in [2.45, 2.75) is 44.2 Å². The second-order valence-electron chi connectivity index (χ2n) is 7.53. The Morgan fingerprint density at radius 1 is 1.33 bits per heavy atom. The van der Waals surface area contributed by atoms with Gasteiger partial charge in [0.2, 0.25) is 17.0 Å². The van der Waals surface area contributed by atoms with E-state index in [1.54, 1.807) is 7.11 Å². The predicted octanol–water partition coefficient (Wildman–Crippen LogP) is 1.47. The topological polar surface area (TPSA) is 91.4 Å². The Balaban J connectivity index is 1.47. The number of thioether (sulfide) groups is 1. The van der Waals surface area contributed by atoms with Crippen LogP contribution in [-0.2, 0) is 14.3 Å². The summed E-state index contributed by atoms with van der Waals surface area (Å²) in [6.07, 6.45) is 4.39. The van der Waals surface area contributed by atoms with Crippen LogP contribution in [0.15, 0.2) is 5.16 Å². The fourth-order valence-corrected chi connectivity index (χ4v) is 4.70. The molecule has 0 bridgehead atoms. The number of piperidine rings is 2. The molecular weight excluding hydrogens is 366 g/mol. The van der Waals surface area contributed by atoms with Gasteiger partial charge in [0.15, 0.2) is 0 Å². The first-order valence-corrected chi connectivity index (χ1v) is 10.6. The van der Waals surface area contributed by atoms with Crippen LogP contribution in [0.25, 0.3) is 0 Å². The van der Waals surface area contributed by atoms with Crippen LogP contribution >= 0.6 is 11.8 Å². The molecular formula is C18H29N5O3S. The van der Waals surface area contributed by atoms with Crippen molar-refractivity contribution < 1.29 is 14.3 Å². The first-order valence-electron chi connectivity index (χ1n) is 9.58. The number of aryl methyl sites for hydroxylation is 1. The Hall–Kier alpha value is -1.61. The average molecular weight is 396 g/mol. The van der Waals surface area contributed by atoms with Crippen molar-refractivity contribution in [3.63, 3.8) is 0 Å². The zero-order valence-corrected chi connectivity index (χ0v) is 17.0. The molecule has 2 aliphatic heterocycles. The van der Waals surface area contributed by atoms with E-state index in [1.807, 2.05) is 16.7 Å². The van der Waals surface area contributed by atoms with Crippen molar-refractivity contribution in [2.24, 2.45) is 5.41 Å². The lowest BCUT2D eigenvalue weighted by Crippen LogP contribution is -2.52. The molecule has 2 saturated heterocycles.